The van der Waals surface area contributed by atoms with Gasteiger partial charge in [0.2, 0.25) is 0 Å². The van der Waals surface area contributed by atoms with E-state index in [4.69, 9.17) is 0 Å². The summed E-state index contributed by atoms with van der Waals surface area (Å²) < 4.78 is 0. The van der Waals surface area contributed by atoms with Gasteiger partial charge in [-0.25, -0.2) is 0 Å². The molecule has 0 heterocycles. The van der Waals surface area contributed by atoms with E-state index in [9.17, 15) is 0 Å². The molecule has 4 fully saturated rings. The Morgan fingerprint density at radius 1 is 0.519 bits per heavy atom. The van der Waals surface area contributed by atoms with Crippen molar-refractivity contribution in [2.24, 2.45) is 23.7 Å². The van der Waals surface area contributed by atoms with Crippen molar-refractivity contribution in [2.75, 3.05) is 4.90 Å². The fraction of sp³-hybridized carbons (Fsp3) is 0.333. The lowest BCUT2D eigenvalue weighted by atomic mass is 9.59. The van der Waals surface area contributed by atoms with E-state index in [0.29, 0.717) is 0 Å². The highest BCUT2D eigenvalue weighted by atomic mass is 15.1. The summed E-state index contributed by atoms with van der Waals surface area (Å²) in [4.78, 5) is 2.63. The van der Waals surface area contributed by atoms with Gasteiger partial charge in [0.1, 0.15) is 0 Å². The van der Waals surface area contributed by atoms with E-state index in [1.54, 1.807) is 11.1 Å². The van der Waals surface area contributed by atoms with Gasteiger partial charge >= 0.3 is 0 Å². The Morgan fingerprint density at radius 3 is 2.08 bits per heavy atom. The Balaban J connectivity index is 1.11. The van der Waals surface area contributed by atoms with E-state index in [0.717, 1.165) is 23.7 Å². The molecule has 0 amide bonds. The summed E-state index contributed by atoms with van der Waals surface area (Å²) in [6, 6.07) is 49.2. The number of benzene rings is 6. The monoisotopic (exact) mass is 675 g/mol. The second kappa shape index (κ2) is 10.7. The van der Waals surface area contributed by atoms with Gasteiger partial charge in [0.05, 0.1) is 5.69 Å². The van der Waals surface area contributed by atoms with Gasteiger partial charge in [0.15, 0.2) is 0 Å². The van der Waals surface area contributed by atoms with Gasteiger partial charge in [0.25, 0.3) is 0 Å². The van der Waals surface area contributed by atoms with Crippen LogP contribution in [-0.4, -0.2) is 0 Å². The number of fused-ring (bicyclic) bond motifs is 5. The van der Waals surface area contributed by atoms with Crippen LogP contribution in [0.3, 0.4) is 0 Å². The van der Waals surface area contributed by atoms with Gasteiger partial charge in [-0.3, -0.25) is 0 Å². The van der Waals surface area contributed by atoms with Gasteiger partial charge in [-0.1, -0.05) is 119 Å². The van der Waals surface area contributed by atoms with Crippen molar-refractivity contribution >= 4 is 27.8 Å². The molecule has 5 atom stereocenters. The number of anilines is 3. The highest BCUT2D eigenvalue weighted by Crippen LogP contribution is 2.73. The molecule has 0 radical (unpaired) electrons. The highest BCUT2D eigenvalue weighted by molar-refractivity contribution is 5.90. The zero-order chi connectivity index (χ0) is 35.0. The molecular weight excluding hydrogens is 627 g/mol. The van der Waals surface area contributed by atoms with Crippen molar-refractivity contribution in [2.45, 2.75) is 82.5 Å². The Morgan fingerprint density at radius 2 is 1.23 bits per heavy atom. The Hall–Kier alpha value is -4.62. The fourth-order valence-electron chi connectivity index (χ4n) is 12.6. The van der Waals surface area contributed by atoms with Crippen molar-refractivity contribution < 1.29 is 0 Å². The largest absolute Gasteiger partial charge is 0.310 e. The van der Waals surface area contributed by atoms with E-state index < -0.39 is 0 Å². The molecule has 5 unspecified atom stereocenters. The molecular formula is C51H49N. The molecule has 4 saturated carbocycles. The molecule has 258 valence electrons. The van der Waals surface area contributed by atoms with Crippen LogP contribution in [-0.2, 0) is 16.2 Å². The van der Waals surface area contributed by atoms with Gasteiger partial charge in [0, 0.05) is 16.8 Å². The van der Waals surface area contributed by atoms with Crippen LogP contribution in [0.4, 0.5) is 17.1 Å². The number of rotatable bonds is 4. The van der Waals surface area contributed by atoms with Gasteiger partial charge in [-0.15, -0.1) is 0 Å². The summed E-state index contributed by atoms with van der Waals surface area (Å²) in [5, 5.41) is 2.57. The predicted octanol–water partition coefficient (Wildman–Crippen LogP) is 13.7. The molecule has 0 saturated heterocycles. The van der Waals surface area contributed by atoms with E-state index in [1.807, 2.05) is 0 Å². The van der Waals surface area contributed by atoms with Crippen LogP contribution in [0, 0.1) is 23.7 Å². The molecule has 1 nitrogen and oxygen atoms in total. The van der Waals surface area contributed by atoms with E-state index in [-0.39, 0.29) is 16.2 Å². The number of nitrogens with zero attached hydrogens (tertiary/aromatic N) is 1. The normalized spacial score (nSPS) is 26.8. The number of hydrogen-bond donors (Lipinski definition) is 0. The quantitative estimate of drug-likeness (QED) is 0.180. The zero-order valence-corrected chi connectivity index (χ0v) is 31.1. The molecule has 6 aliphatic rings. The van der Waals surface area contributed by atoms with E-state index in [1.165, 1.54) is 99.7 Å². The van der Waals surface area contributed by atoms with Crippen LogP contribution >= 0.6 is 0 Å². The van der Waals surface area contributed by atoms with Crippen LogP contribution < -0.4 is 4.90 Å². The molecule has 1 spiro atoms. The third kappa shape index (κ3) is 4.17. The SMILES string of the molecule is CC1(C)CCC(C)(C)c2c(N(c3ccc(-c4ccc5ccccc5c4)cc3)c3ccc4c(c3)C3(c5ccccc5-4)C4CC5CC(C4)C3C5)cccc21. The molecule has 6 aromatic rings. The first-order valence-electron chi connectivity index (χ1n) is 20.0. The first-order valence-corrected chi connectivity index (χ1v) is 20.0. The minimum absolute atomic E-state index is 0.0718. The lowest BCUT2D eigenvalue weighted by Gasteiger charge is -2.45. The third-order valence-electron chi connectivity index (χ3n) is 14.9. The molecule has 6 aromatic carbocycles. The molecule has 6 aliphatic carbocycles. The molecule has 0 aromatic heterocycles. The standard InChI is InChI=1S/C51H49N/c1-49(2)24-25-50(3,4)48-44(49)14-9-15-47(48)52(39-20-18-34(19-21-39)36-17-16-33-10-5-6-11-35(33)29-36)40-22-23-42-41-12-7-8-13-43(41)51(46(42)31-40)38-27-32-26-37(30-38)45(51)28-32/h5-23,29,31-32,37-38,45H,24-28,30H2,1-4H3. The summed E-state index contributed by atoms with van der Waals surface area (Å²) in [5.41, 5.74) is 16.0. The second-order valence-electron chi connectivity index (χ2n) is 18.4. The highest BCUT2D eigenvalue weighted by Gasteiger charge is 2.66. The fourth-order valence-corrected chi connectivity index (χ4v) is 12.6. The van der Waals surface area contributed by atoms with Crippen molar-refractivity contribution in [1.82, 2.24) is 0 Å². The summed E-state index contributed by atoms with van der Waals surface area (Å²) in [7, 11) is 0. The number of hydrogen-bond acceptors (Lipinski definition) is 1. The van der Waals surface area contributed by atoms with Gasteiger partial charge in [-0.05, 0) is 165 Å². The van der Waals surface area contributed by atoms with Crippen molar-refractivity contribution in [1.29, 1.82) is 0 Å². The maximum atomic E-state index is 2.67. The molecule has 0 aliphatic heterocycles. The molecule has 12 rings (SSSR count). The minimum atomic E-state index is 0.0718. The van der Waals surface area contributed by atoms with Crippen LogP contribution in [0.1, 0.15) is 88.5 Å². The van der Waals surface area contributed by atoms with Crippen LogP contribution in [0.2, 0.25) is 0 Å². The van der Waals surface area contributed by atoms with E-state index in [2.05, 4.69) is 160 Å². The van der Waals surface area contributed by atoms with Gasteiger partial charge in [-0.2, -0.15) is 0 Å². The topological polar surface area (TPSA) is 3.24 Å². The second-order valence-corrected chi connectivity index (χ2v) is 18.4. The smallest absolute Gasteiger partial charge is 0.0502 e. The van der Waals surface area contributed by atoms with Crippen molar-refractivity contribution in [3.8, 4) is 22.3 Å². The maximum Gasteiger partial charge on any atom is 0.0502 e. The Bertz CT molecular complexity index is 2410. The molecule has 4 bridgehead atoms. The summed E-state index contributed by atoms with van der Waals surface area (Å²) in [6.45, 7) is 9.86. The first kappa shape index (κ1) is 31.0. The van der Waals surface area contributed by atoms with Crippen LogP contribution in [0.5, 0.6) is 0 Å². The van der Waals surface area contributed by atoms with Crippen molar-refractivity contribution in [3.63, 3.8) is 0 Å². The average Bonchev–Trinajstić information content (AvgIpc) is 3.71. The lowest BCUT2D eigenvalue weighted by Crippen LogP contribution is -2.40. The maximum absolute atomic E-state index is 2.67. The third-order valence-corrected chi connectivity index (χ3v) is 14.9. The Labute approximate surface area is 309 Å². The minimum Gasteiger partial charge on any atom is -0.310 e. The summed E-state index contributed by atoms with van der Waals surface area (Å²) >= 11 is 0. The lowest BCUT2D eigenvalue weighted by molar-refractivity contribution is 0.191. The van der Waals surface area contributed by atoms with Crippen molar-refractivity contribution in [3.05, 3.63) is 150 Å². The zero-order valence-electron chi connectivity index (χ0n) is 31.1. The summed E-state index contributed by atoms with van der Waals surface area (Å²) in [5.74, 6) is 3.35. The van der Waals surface area contributed by atoms with Crippen LogP contribution in [0.25, 0.3) is 33.0 Å². The Kier molecular flexibility index (Phi) is 6.38. The predicted molar refractivity (Wildman–Crippen MR) is 218 cm³/mol. The molecule has 52 heavy (non-hydrogen) atoms. The van der Waals surface area contributed by atoms with Crippen LogP contribution in [0.15, 0.2) is 127 Å². The molecule has 0 N–H and O–H groups in total. The van der Waals surface area contributed by atoms with Gasteiger partial charge < -0.3 is 4.90 Å². The summed E-state index contributed by atoms with van der Waals surface area (Å²) in [6.07, 6.45) is 8.08. The average molecular weight is 676 g/mol. The van der Waals surface area contributed by atoms with E-state index >= 15 is 0 Å². The molecule has 1 heteroatoms. The first-order chi connectivity index (χ1) is 25.2.